The van der Waals surface area contributed by atoms with Crippen LogP contribution in [0.3, 0.4) is 0 Å². The third-order valence-corrected chi connectivity index (χ3v) is 5.28. The Morgan fingerprint density at radius 2 is 1.19 bits per heavy atom. The van der Waals surface area contributed by atoms with E-state index in [1.165, 1.54) is 51.4 Å². The minimum Gasteiger partial charge on any atom is -0.463 e. The number of carbonyl (C=O) groups excluding carboxylic acids is 2. The quantitative estimate of drug-likeness (QED) is 0.127. The van der Waals surface area contributed by atoms with Gasteiger partial charge in [0.2, 0.25) is 0 Å². The van der Waals surface area contributed by atoms with Gasteiger partial charge in [0.05, 0.1) is 6.61 Å². The lowest BCUT2D eigenvalue weighted by molar-refractivity contribution is -0.138. The van der Waals surface area contributed by atoms with Crippen LogP contribution in [0.1, 0.15) is 71.1 Å². The number of carbonyl (C=O) groups is 2. The Kier molecular flexibility index (Phi) is 12.6. The standard InChI is InChI=1S/C28H36O4/c1-2-3-4-5-6-7-8-9-10-14-23-31-27(29)21-22-28(30)32-26-19-17-25(18-20-26)24-15-12-11-13-16-24/h11-13,15-22H,2-10,14,23H2,1H3/b22-21+. The Morgan fingerprint density at radius 3 is 1.81 bits per heavy atom. The van der Waals surface area contributed by atoms with Crippen LogP contribution in [-0.2, 0) is 14.3 Å². The first kappa shape index (κ1) is 25.4. The van der Waals surface area contributed by atoms with Gasteiger partial charge in [0.25, 0.3) is 0 Å². The Morgan fingerprint density at radius 1 is 0.656 bits per heavy atom. The van der Waals surface area contributed by atoms with Crippen LogP contribution in [0, 0.1) is 0 Å². The van der Waals surface area contributed by atoms with Gasteiger partial charge in [-0.05, 0) is 29.7 Å². The van der Waals surface area contributed by atoms with Gasteiger partial charge in [-0.2, -0.15) is 0 Å². The zero-order chi connectivity index (χ0) is 22.9. The van der Waals surface area contributed by atoms with Crippen LogP contribution < -0.4 is 4.74 Å². The maximum Gasteiger partial charge on any atom is 0.336 e. The van der Waals surface area contributed by atoms with Gasteiger partial charge in [-0.15, -0.1) is 0 Å². The average Bonchev–Trinajstić information content (AvgIpc) is 2.82. The number of ether oxygens (including phenoxy) is 2. The van der Waals surface area contributed by atoms with Gasteiger partial charge in [0.1, 0.15) is 5.75 Å². The van der Waals surface area contributed by atoms with Crippen molar-refractivity contribution in [2.75, 3.05) is 6.61 Å². The number of rotatable bonds is 15. The molecule has 2 rings (SSSR count). The molecule has 0 aromatic heterocycles. The van der Waals surface area contributed by atoms with Gasteiger partial charge in [-0.1, -0.05) is 107 Å². The van der Waals surface area contributed by atoms with Crippen LogP contribution in [0.15, 0.2) is 66.7 Å². The van der Waals surface area contributed by atoms with E-state index in [1.54, 1.807) is 12.1 Å². The lowest BCUT2D eigenvalue weighted by Gasteiger charge is -2.04. The van der Waals surface area contributed by atoms with Crippen molar-refractivity contribution in [3.63, 3.8) is 0 Å². The lowest BCUT2D eigenvalue weighted by atomic mass is 10.1. The normalized spacial score (nSPS) is 10.9. The van der Waals surface area contributed by atoms with E-state index < -0.39 is 11.9 Å². The molecule has 0 heterocycles. The summed E-state index contributed by atoms with van der Waals surface area (Å²) in [4.78, 5) is 23.7. The van der Waals surface area contributed by atoms with Gasteiger partial charge < -0.3 is 9.47 Å². The molecule has 0 fully saturated rings. The summed E-state index contributed by atoms with van der Waals surface area (Å²) in [6.07, 6.45) is 14.5. The molecule has 0 N–H and O–H groups in total. The smallest absolute Gasteiger partial charge is 0.336 e. The van der Waals surface area contributed by atoms with Gasteiger partial charge in [-0.25, -0.2) is 9.59 Å². The highest BCUT2D eigenvalue weighted by atomic mass is 16.5. The summed E-state index contributed by atoms with van der Waals surface area (Å²) in [5.41, 5.74) is 2.13. The molecular weight excluding hydrogens is 400 g/mol. The average molecular weight is 437 g/mol. The zero-order valence-corrected chi connectivity index (χ0v) is 19.3. The van der Waals surface area contributed by atoms with Crippen molar-refractivity contribution < 1.29 is 19.1 Å². The monoisotopic (exact) mass is 436 g/mol. The molecule has 0 amide bonds. The molecule has 0 unspecified atom stereocenters. The van der Waals surface area contributed by atoms with Crippen molar-refractivity contribution in [3.05, 3.63) is 66.7 Å². The van der Waals surface area contributed by atoms with E-state index >= 15 is 0 Å². The predicted octanol–water partition coefficient (Wildman–Crippen LogP) is 7.28. The highest BCUT2D eigenvalue weighted by molar-refractivity contribution is 5.92. The van der Waals surface area contributed by atoms with Crippen molar-refractivity contribution in [1.82, 2.24) is 0 Å². The molecule has 0 bridgehead atoms. The van der Waals surface area contributed by atoms with Gasteiger partial charge >= 0.3 is 11.9 Å². The van der Waals surface area contributed by atoms with E-state index in [-0.39, 0.29) is 0 Å². The number of hydrogen-bond acceptors (Lipinski definition) is 4. The number of unbranched alkanes of at least 4 members (excludes halogenated alkanes) is 9. The first-order valence-electron chi connectivity index (χ1n) is 11.9. The third-order valence-electron chi connectivity index (χ3n) is 5.28. The van der Waals surface area contributed by atoms with Crippen LogP contribution >= 0.6 is 0 Å². The van der Waals surface area contributed by atoms with Crippen LogP contribution in [0.4, 0.5) is 0 Å². The fourth-order valence-corrected chi connectivity index (χ4v) is 3.44. The molecular formula is C28H36O4. The number of hydrogen-bond donors (Lipinski definition) is 0. The SMILES string of the molecule is CCCCCCCCCCCCOC(=O)/C=C/C(=O)Oc1ccc(-c2ccccc2)cc1. The molecule has 0 aliphatic carbocycles. The molecule has 172 valence electrons. The minimum absolute atomic E-state index is 0.385. The number of benzene rings is 2. The summed E-state index contributed by atoms with van der Waals surface area (Å²) in [5, 5.41) is 0. The fourth-order valence-electron chi connectivity index (χ4n) is 3.44. The van der Waals surface area contributed by atoms with E-state index in [9.17, 15) is 9.59 Å². The highest BCUT2D eigenvalue weighted by Gasteiger charge is 2.04. The maximum absolute atomic E-state index is 11.9. The predicted molar refractivity (Wildman–Crippen MR) is 129 cm³/mol. The van der Waals surface area contributed by atoms with E-state index in [0.717, 1.165) is 36.1 Å². The van der Waals surface area contributed by atoms with Crippen molar-refractivity contribution in [3.8, 4) is 16.9 Å². The molecule has 4 heteroatoms. The van der Waals surface area contributed by atoms with Crippen molar-refractivity contribution in [2.24, 2.45) is 0 Å². The Bertz CT molecular complexity index is 809. The van der Waals surface area contributed by atoms with Crippen LogP contribution in [0.5, 0.6) is 5.75 Å². The highest BCUT2D eigenvalue weighted by Crippen LogP contribution is 2.22. The van der Waals surface area contributed by atoms with Crippen molar-refractivity contribution in [1.29, 1.82) is 0 Å². The van der Waals surface area contributed by atoms with E-state index in [0.29, 0.717) is 12.4 Å². The third kappa shape index (κ3) is 10.9. The van der Waals surface area contributed by atoms with Gasteiger partial charge in [-0.3, -0.25) is 0 Å². The Hall–Kier alpha value is -2.88. The second-order valence-corrected chi connectivity index (χ2v) is 7.99. The maximum atomic E-state index is 11.9. The van der Waals surface area contributed by atoms with E-state index in [2.05, 4.69) is 6.92 Å². The molecule has 0 radical (unpaired) electrons. The topological polar surface area (TPSA) is 52.6 Å². The van der Waals surface area contributed by atoms with Crippen LogP contribution in [0.25, 0.3) is 11.1 Å². The van der Waals surface area contributed by atoms with Crippen LogP contribution in [-0.4, -0.2) is 18.5 Å². The van der Waals surface area contributed by atoms with E-state index in [1.807, 2.05) is 42.5 Å². The molecule has 4 nitrogen and oxygen atoms in total. The van der Waals surface area contributed by atoms with Crippen LogP contribution in [0.2, 0.25) is 0 Å². The Labute approximate surface area is 192 Å². The van der Waals surface area contributed by atoms with Gasteiger partial charge in [0, 0.05) is 12.2 Å². The summed E-state index contributed by atoms with van der Waals surface area (Å²) in [7, 11) is 0. The largest absolute Gasteiger partial charge is 0.463 e. The second kappa shape index (κ2) is 15.9. The fraction of sp³-hybridized carbons (Fsp3) is 0.429. The molecule has 0 aliphatic heterocycles. The summed E-state index contributed by atoms with van der Waals surface area (Å²) in [6.45, 7) is 2.62. The van der Waals surface area contributed by atoms with Crippen molar-refractivity contribution >= 4 is 11.9 Å². The van der Waals surface area contributed by atoms with Gasteiger partial charge in [0.15, 0.2) is 0 Å². The Balaban J connectivity index is 1.55. The molecule has 2 aromatic carbocycles. The number of esters is 2. The first-order chi connectivity index (χ1) is 15.7. The molecule has 0 aliphatic rings. The summed E-state index contributed by atoms with van der Waals surface area (Å²) >= 11 is 0. The summed E-state index contributed by atoms with van der Waals surface area (Å²) < 4.78 is 10.4. The lowest BCUT2D eigenvalue weighted by Crippen LogP contribution is -2.07. The molecule has 0 atom stereocenters. The van der Waals surface area contributed by atoms with E-state index in [4.69, 9.17) is 9.47 Å². The molecule has 2 aromatic rings. The minimum atomic E-state index is -0.603. The summed E-state index contributed by atoms with van der Waals surface area (Å²) in [6, 6.07) is 17.2. The zero-order valence-electron chi connectivity index (χ0n) is 19.3. The molecule has 0 saturated carbocycles. The van der Waals surface area contributed by atoms with Crippen molar-refractivity contribution in [2.45, 2.75) is 71.1 Å². The molecule has 0 spiro atoms. The first-order valence-corrected chi connectivity index (χ1v) is 11.9. The molecule has 0 saturated heterocycles. The second-order valence-electron chi connectivity index (χ2n) is 7.99. The molecule has 32 heavy (non-hydrogen) atoms. The summed E-state index contributed by atoms with van der Waals surface area (Å²) in [5.74, 6) is -0.691.